The SMILES string of the molecule is O=C(CNC(=O)C1CCCN1)Nc1ccc(F)cc1. The van der Waals surface area contributed by atoms with Gasteiger partial charge in [-0.05, 0) is 43.7 Å². The molecular weight excluding hydrogens is 249 g/mol. The van der Waals surface area contributed by atoms with Crippen molar-refractivity contribution in [1.29, 1.82) is 0 Å². The molecule has 1 saturated heterocycles. The molecule has 1 fully saturated rings. The van der Waals surface area contributed by atoms with E-state index in [1.807, 2.05) is 0 Å². The number of carbonyl (C=O) groups is 2. The fraction of sp³-hybridized carbons (Fsp3) is 0.385. The Kier molecular flexibility index (Phi) is 4.46. The Labute approximate surface area is 110 Å². The molecule has 1 aliphatic heterocycles. The first-order valence-corrected chi connectivity index (χ1v) is 6.21. The molecule has 0 spiro atoms. The van der Waals surface area contributed by atoms with Crippen molar-refractivity contribution >= 4 is 17.5 Å². The van der Waals surface area contributed by atoms with Crippen molar-refractivity contribution < 1.29 is 14.0 Å². The summed E-state index contributed by atoms with van der Waals surface area (Å²) in [6.07, 6.45) is 1.77. The molecule has 1 aromatic carbocycles. The summed E-state index contributed by atoms with van der Waals surface area (Å²) in [6.45, 7) is 0.744. The third kappa shape index (κ3) is 4.03. The maximum absolute atomic E-state index is 12.7. The van der Waals surface area contributed by atoms with Crippen molar-refractivity contribution in [1.82, 2.24) is 10.6 Å². The Bertz CT molecular complexity index is 455. The van der Waals surface area contributed by atoms with Gasteiger partial charge in [-0.25, -0.2) is 4.39 Å². The van der Waals surface area contributed by atoms with Crippen LogP contribution in [0.4, 0.5) is 10.1 Å². The molecule has 0 aromatic heterocycles. The smallest absolute Gasteiger partial charge is 0.243 e. The van der Waals surface area contributed by atoms with Crippen LogP contribution in [0.25, 0.3) is 0 Å². The number of amides is 2. The molecule has 1 aromatic rings. The molecule has 5 nitrogen and oxygen atoms in total. The van der Waals surface area contributed by atoms with Gasteiger partial charge in [0.15, 0.2) is 0 Å². The standard InChI is InChI=1S/C13H16FN3O2/c14-9-3-5-10(6-4-9)17-12(18)8-16-13(19)11-2-1-7-15-11/h3-6,11,15H,1-2,7-8H2,(H,16,19)(H,17,18). The van der Waals surface area contributed by atoms with Crippen molar-refractivity contribution in [3.05, 3.63) is 30.1 Å². The Morgan fingerprint density at radius 1 is 1.32 bits per heavy atom. The lowest BCUT2D eigenvalue weighted by Gasteiger charge is -2.11. The van der Waals surface area contributed by atoms with Gasteiger partial charge in [0.25, 0.3) is 0 Å². The van der Waals surface area contributed by atoms with Crippen LogP contribution in [0.2, 0.25) is 0 Å². The van der Waals surface area contributed by atoms with E-state index in [9.17, 15) is 14.0 Å². The van der Waals surface area contributed by atoms with Crippen LogP contribution < -0.4 is 16.0 Å². The number of hydrogen-bond acceptors (Lipinski definition) is 3. The minimum atomic E-state index is -0.362. The van der Waals surface area contributed by atoms with Crippen LogP contribution in [0, 0.1) is 5.82 Å². The van der Waals surface area contributed by atoms with E-state index >= 15 is 0 Å². The highest BCUT2D eigenvalue weighted by Crippen LogP contribution is 2.08. The monoisotopic (exact) mass is 265 g/mol. The summed E-state index contributed by atoms with van der Waals surface area (Å²) >= 11 is 0. The van der Waals surface area contributed by atoms with Gasteiger partial charge in [-0.1, -0.05) is 0 Å². The zero-order valence-electron chi connectivity index (χ0n) is 10.4. The van der Waals surface area contributed by atoms with Crippen molar-refractivity contribution in [3.63, 3.8) is 0 Å². The van der Waals surface area contributed by atoms with Crippen LogP contribution >= 0.6 is 0 Å². The maximum atomic E-state index is 12.7. The molecule has 2 rings (SSSR count). The number of anilines is 1. The lowest BCUT2D eigenvalue weighted by molar-refractivity contribution is -0.125. The highest BCUT2D eigenvalue weighted by Gasteiger charge is 2.21. The zero-order valence-corrected chi connectivity index (χ0v) is 10.4. The molecule has 0 aliphatic carbocycles. The van der Waals surface area contributed by atoms with E-state index in [1.165, 1.54) is 24.3 Å². The molecule has 0 radical (unpaired) electrons. The normalized spacial score (nSPS) is 18.1. The van der Waals surface area contributed by atoms with E-state index in [-0.39, 0.29) is 30.2 Å². The van der Waals surface area contributed by atoms with Crippen LogP contribution in [0.5, 0.6) is 0 Å². The van der Waals surface area contributed by atoms with Gasteiger partial charge in [0, 0.05) is 5.69 Å². The predicted molar refractivity (Wildman–Crippen MR) is 69.1 cm³/mol. The van der Waals surface area contributed by atoms with Crippen molar-refractivity contribution in [2.45, 2.75) is 18.9 Å². The average molecular weight is 265 g/mol. The van der Waals surface area contributed by atoms with Gasteiger partial charge >= 0.3 is 0 Å². The highest BCUT2D eigenvalue weighted by atomic mass is 19.1. The first-order chi connectivity index (χ1) is 9.15. The summed E-state index contributed by atoms with van der Waals surface area (Å²) in [5.41, 5.74) is 0.500. The Hall–Kier alpha value is -1.95. The van der Waals surface area contributed by atoms with E-state index in [0.717, 1.165) is 19.4 Å². The molecule has 0 bridgehead atoms. The molecule has 2 amide bonds. The molecule has 6 heteroatoms. The minimum absolute atomic E-state index is 0.0889. The number of halogens is 1. The summed E-state index contributed by atoms with van der Waals surface area (Å²) in [7, 11) is 0. The first kappa shape index (κ1) is 13.5. The summed E-state index contributed by atoms with van der Waals surface area (Å²) < 4.78 is 12.7. The third-order valence-electron chi connectivity index (χ3n) is 2.93. The highest BCUT2D eigenvalue weighted by molar-refractivity contribution is 5.95. The second-order valence-corrected chi connectivity index (χ2v) is 4.42. The summed E-state index contributed by atoms with van der Waals surface area (Å²) in [5, 5.41) is 8.19. The van der Waals surface area contributed by atoms with Gasteiger partial charge in [0.05, 0.1) is 12.6 Å². The summed E-state index contributed by atoms with van der Waals surface area (Å²) in [4.78, 5) is 23.2. The predicted octanol–water partition coefficient (Wildman–Crippen LogP) is 0.632. The lowest BCUT2D eigenvalue weighted by Crippen LogP contribution is -2.43. The van der Waals surface area contributed by atoms with Gasteiger partial charge in [-0.2, -0.15) is 0 Å². The van der Waals surface area contributed by atoms with E-state index in [2.05, 4.69) is 16.0 Å². The van der Waals surface area contributed by atoms with E-state index in [0.29, 0.717) is 5.69 Å². The van der Waals surface area contributed by atoms with Crippen LogP contribution in [0.1, 0.15) is 12.8 Å². The molecule has 102 valence electrons. The van der Waals surface area contributed by atoms with Crippen molar-refractivity contribution in [2.75, 3.05) is 18.4 Å². The molecule has 0 saturated carbocycles. The Balaban J connectivity index is 1.75. The fourth-order valence-corrected chi connectivity index (χ4v) is 1.94. The molecule has 3 N–H and O–H groups in total. The zero-order chi connectivity index (χ0) is 13.7. The third-order valence-corrected chi connectivity index (χ3v) is 2.93. The van der Waals surface area contributed by atoms with Gasteiger partial charge in [-0.3, -0.25) is 9.59 Å². The van der Waals surface area contributed by atoms with Gasteiger partial charge in [0.1, 0.15) is 5.82 Å². The van der Waals surface area contributed by atoms with E-state index in [1.54, 1.807) is 0 Å². The number of rotatable bonds is 4. The van der Waals surface area contributed by atoms with Crippen molar-refractivity contribution in [3.8, 4) is 0 Å². The molecule has 1 heterocycles. The van der Waals surface area contributed by atoms with Crippen LogP contribution in [-0.4, -0.2) is 30.9 Å². The van der Waals surface area contributed by atoms with Crippen molar-refractivity contribution in [2.24, 2.45) is 0 Å². The minimum Gasteiger partial charge on any atom is -0.346 e. The molecule has 1 atom stereocenters. The van der Waals surface area contributed by atoms with Crippen LogP contribution in [0.15, 0.2) is 24.3 Å². The molecule has 1 unspecified atom stereocenters. The van der Waals surface area contributed by atoms with Gasteiger partial charge in [0.2, 0.25) is 11.8 Å². The van der Waals surface area contributed by atoms with Gasteiger partial charge < -0.3 is 16.0 Å². The number of benzene rings is 1. The Morgan fingerprint density at radius 2 is 2.05 bits per heavy atom. The Morgan fingerprint density at radius 3 is 2.68 bits per heavy atom. The van der Waals surface area contributed by atoms with Crippen LogP contribution in [-0.2, 0) is 9.59 Å². The number of nitrogens with one attached hydrogen (secondary N) is 3. The summed E-state index contributed by atoms with van der Waals surface area (Å²) in [6, 6.07) is 5.26. The molecular formula is C13H16FN3O2. The van der Waals surface area contributed by atoms with E-state index in [4.69, 9.17) is 0 Å². The average Bonchev–Trinajstić information content (AvgIpc) is 2.93. The van der Waals surface area contributed by atoms with Crippen LogP contribution in [0.3, 0.4) is 0 Å². The topological polar surface area (TPSA) is 70.2 Å². The summed E-state index contributed by atoms with van der Waals surface area (Å²) in [5.74, 6) is -0.858. The van der Waals surface area contributed by atoms with Gasteiger partial charge in [-0.15, -0.1) is 0 Å². The number of hydrogen-bond donors (Lipinski definition) is 3. The number of carbonyl (C=O) groups excluding carboxylic acids is 2. The molecule has 19 heavy (non-hydrogen) atoms. The quantitative estimate of drug-likeness (QED) is 0.748. The lowest BCUT2D eigenvalue weighted by atomic mass is 10.2. The fourth-order valence-electron chi connectivity index (χ4n) is 1.94. The molecule has 1 aliphatic rings. The first-order valence-electron chi connectivity index (χ1n) is 6.21. The second-order valence-electron chi connectivity index (χ2n) is 4.42. The van der Waals surface area contributed by atoms with E-state index < -0.39 is 0 Å². The maximum Gasteiger partial charge on any atom is 0.243 e. The largest absolute Gasteiger partial charge is 0.346 e. The second kappa shape index (κ2) is 6.29.